The maximum absolute atomic E-state index is 12.3. The van der Waals surface area contributed by atoms with Crippen LogP contribution in [0.5, 0.6) is 0 Å². The molecule has 1 atom stereocenters. The molecule has 6 nitrogen and oxygen atoms in total. The van der Waals surface area contributed by atoms with Gasteiger partial charge in [-0.25, -0.2) is 4.79 Å². The highest BCUT2D eigenvalue weighted by Gasteiger charge is 2.21. The molecule has 0 aliphatic heterocycles. The van der Waals surface area contributed by atoms with Crippen LogP contribution in [0.25, 0.3) is 11.0 Å². The van der Waals surface area contributed by atoms with Gasteiger partial charge in [0.1, 0.15) is 5.58 Å². The topological polar surface area (TPSA) is 85.6 Å². The summed E-state index contributed by atoms with van der Waals surface area (Å²) in [7, 11) is 0. The number of carbonyl (C=O) groups excluding carboxylic acids is 2. The standard InChI is InChI=1S/C20H16ClNO5/c1-11-3-8-17-15(9-11)16(23)10-18(27-17)20(25)26-12(2)19(24)22-14-6-4-13(21)5-7-14/h3-10,12H,1-2H3,(H,22,24)/t12-/m1/s1. The summed E-state index contributed by atoms with van der Waals surface area (Å²) >= 11 is 5.79. The first kappa shape index (κ1) is 18.7. The van der Waals surface area contributed by atoms with E-state index >= 15 is 0 Å². The lowest BCUT2D eigenvalue weighted by atomic mass is 10.1. The van der Waals surface area contributed by atoms with E-state index in [1.165, 1.54) is 6.92 Å². The van der Waals surface area contributed by atoms with Gasteiger partial charge < -0.3 is 14.5 Å². The van der Waals surface area contributed by atoms with Crippen LogP contribution in [-0.4, -0.2) is 18.0 Å². The molecule has 0 radical (unpaired) electrons. The number of ether oxygens (including phenoxy) is 1. The van der Waals surface area contributed by atoms with E-state index in [1.807, 2.05) is 6.92 Å². The Morgan fingerprint density at radius 3 is 2.52 bits per heavy atom. The zero-order valence-electron chi connectivity index (χ0n) is 14.6. The van der Waals surface area contributed by atoms with Crippen LogP contribution >= 0.6 is 11.6 Å². The Morgan fingerprint density at radius 1 is 1.11 bits per heavy atom. The summed E-state index contributed by atoms with van der Waals surface area (Å²) in [5.41, 5.74) is 1.33. The molecule has 1 heterocycles. The van der Waals surface area contributed by atoms with Crippen LogP contribution in [0.1, 0.15) is 23.0 Å². The summed E-state index contributed by atoms with van der Waals surface area (Å²) in [6, 6.07) is 12.6. The van der Waals surface area contributed by atoms with Crippen LogP contribution in [-0.2, 0) is 9.53 Å². The Morgan fingerprint density at radius 2 is 1.81 bits per heavy atom. The number of halogens is 1. The van der Waals surface area contributed by atoms with Crippen LogP contribution < -0.4 is 10.7 Å². The van der Waals surface area contributed by atoms with Crippen molar-refractivity contribution >= 4 is 40.1 Å². The van der Waals surface area contributed by atoms with Crippen molar-refractivity contribution in [3.63, 3.8) is 0 Å². The molecule has 7 heteroatoms. The van der Waals surface area contributed by atoms with Gasteiger partial charge in [0.25, 0.3) is 5.91 Å². The Bertz CT molecular complexity index is 1070. The van der Waals surface area contributed by atoms with E-state index in [2.05, 4.69) is 5.32 Å². The molecule has 0 aliphatic rings. The Hall–Kier alpha value is -3.12. The molecular weight excluding hydrogens is 370 g/mol. The van der Waals surface area contributed by atoms with E-state index in [1.54, 1.807) is 42.5 Å². The minimum atomic E-state index is -1.09. The van der Waals surface area contributed by atoms with Gasteiger partial charge in [0.05, 0.1) is 5.39 Å². The molecule has 0 aliphatic carbocycles. The third kappa shape index (κ3) is 4.35. The number of amides is 1. The SMILES string of the molecule is Cc1ccc2oc(C(=O)O[C@H](C)C(=O)Nc3ccc(Cl)cc3)cc(=O)c2c1. The predicted molar refractivity (Wildman–Crippen MR) is 102 cm³/mol. The van der Waals surface area contributed by atoms with Gasteiger partial charge in [-0.15, -0.1) is 0 Å². The molecule has 0 unspecified atom stereocenters. The summed E-state index contributed by atoms with van der Waals surface area (Å²) in [4.78, 5) is 36.6. The van der Waals surface area contributed by atoms with Crippen LogP contribution in [0.3, 0.4) is 0 Å². The first-order valence-electron chi connectivity index (χ1n) is 8.15. The highest BCUT2D eigenvalue weighted by Crippen LogP contribution is 2.16. The molecule has 0 spiro atoms. The van der Waals surface area contributed by atoms with Crippen LogP contribution in [0, 0.1) is 6.92 Å². The number of fused-ring (bicyclic) bond motifs is 1. The minimum Gasteiger partial charge on any atom is -0.449 e. The van der Waals surface area contributed by atoms with Crippen LogP contribution in [0.2, 0.25) is 5.02 Å². The maximum atomic E-state index is 12.3. The van der Waals surface area contributed by atoms with Gasteiger partial charge in [0, 0.05) is 16.8 Å². The molecule has 3 aromatic rings. The zero-order chi connectivity index (χ0) is 19.6. The lowest BCUT2D eigenvalue weighted by molar-refractivity contribution is -0.123. The average molecular weight is 386 g/mol. The number of aryl methyl sites for hydroxylation is 1. The number of esters is 1. The monoisotopic (exact) mass is 385 g/mol. The highest BCUT2D eigenvalue weighted by atomic mass is 35.5. The lowest BCUT2D eigenvalue weighted by Crippen LogP contribution is -2.30. The minimum absolute atomic E-state index is 0.262. The summed E-state index contributed by atoms with van der Waals surface area (Å²) in [6.45, 7) is 3.27. The van der Waals surface area contributed by atoms with E-state index in [0.717, 1.165) is 11.6 Å². The molecule has 1 N–H and O–H groups in total. The van der Waals surface area contributed by atoms with Gasteiger partial charge in [-0.2, -0.15) is 0 Å². The summed E-state index contributed by atoms with van der Waals surface area (Å²) in [5.74, 6) is -1.68. The fraction of sp³-hybridized carbons (Fsp3) is 0.150. The van der Waals surface area contributed by atoms with Gasteiger partial charge in [-0.3, -0.25) is 9.59 Å². The van der Waals surface area contributed by atoms with E-state index in [-0.39, 0.29) is 16.8 Å². The molecule has 27 heavy (non-hydrogen) atoms. The second-order valence-electron chi connectivity index (χ2n) is 6.02. The van der Waals surface area contributed by atoms with Crippen LogP contribution in [0.4, 0.5) is 5.69 Å². The summed E-state index contributed by atoms with van der Waals surface area (Å²) in [6.07, 6.45) is -1.09. The molecular formula is C20H16ClNO5. The molecule has 0 bridgehead atoms. The lowest BCUT2D eigenvalue weighted by Gasteiger charge is -2.13. The third-order valence-corrected chi connectivity index (χ3v) is 4.10. The van der Waals surface area contributed by atoms with Crippen molar-refractivity contribution in [2.24, 2.45) is 0 Å². The smallest absolute Gasteiger partial charge is 0.375 e. The quantitative estimate of drug-likeness (QED) is 0.687. The number of hydrogen-bond acceptors (Lipinski definition) is 5. The molecule has 1 aromatic heterocycles. The number of benzene rings is 2. The summed E-state index contributed by atoms with van der Waals surface area (Å²) in [5, 5.41) is 3.52. The van der Waals surface area contributed by atoms with Gasteiger partial charge in [0.2, 0.25) is 5.76 Å². The average Bonchev–Trinajstić information content (AvgIpc) is 2.63. The van der Waals surface area contributed by atoms with Crippen molar-refractivity contribution < 1.29 is 18.7 Å². The largest absolute Gasteiger partial charge is 0.449 e. The second kappa shape index (κ2) is 7.63. The van der Waals surface area contributed by atoms with Gasteiger partial charge >= 0.3 is 5.97 Å². The van der Waals surface area contributed by atoms with Crippen molar-refractivity contribution in [1.82, 2.24) is 0 Å². The van der Waals surface area contributed by atoms with Crippen molar-refractivity contribution in [2.45, 2.75) is 20.0 Å². The van der Waals surface area contributed by atoms with E-state index in [9.17, 15) is 14.4 Å². The van der Waals surface area contributed by atoms with Gasteiger partial charge in [-0.1, -0.05) is 23.2 Å². The first-order chi connectivity index (χ1) is 12.8. The van der Waals surface area contributed by atoms with Gasteiger partial charge in [-0.05, 0) is 50.2 Å². The molecule has 0 fully saturated rings. The number of nitrogens with one attached hydrogen (secondary N) is 1. The molecule has 2 aromatic carbocycles. The Labute approximate surface area is 159 Å². The Balaban J connectivity index is 1.73. The number of rotatable bonds is 4. The molecule has 1 amide bonds. The van der Waals surface area contributed by atoms with Crippen molar-refractivity contribution in [3.05, 3.63) is 75.1 Å². The molecule has 3 rings (SSSR count). The first-order valence-corrected chi connectivity index (χ1v) is 8.53. The fourth-order valence-corrected chi connectivity index (χ4v) is 2.55. The van der Waals surface area contributed by atoms with E-state index < -0.39 is 18.0 Å². The van der Waals surface area contributed by atoms with Crippen molar-refractivity contribution in [1.29, 1.82) is 0 Å². The van der Waals surface area contributed by atoms with Crippen LogP contribution in [0.15, 0.2) is 57.7 Å². The fourth-order valence-electron chi connectivity index (χ4n) is 2.42. The van der Waals surface area contributed by atoms with Gasteiger partial charge in [0.15, 0.2) is 11.5 Å². The number of carbonyl (C=O) groups is 2. The normalized spacial score (nSPS) is 11.8. The highest BCUT2D eigenvalue weighted by molar-refractivity contribution is 6.30. The maximum Gasteiger partial charge on any atom is 0.375 e. The zero-order valence-corrected chi connectivity index (χ0v) is 15.4. The van der Waals surface area contributed by atoms with E-state index in [0.29, 0.717) is 16.1 Å². The third-order valence-electron chi connectivity index (χ3n) is 3.85. The molecule has 138 valence electrons. The summed E-state index contributed by atoms with van der Waals surface area (Å²) < 4.78 is 10.6. The Kier molecular flexibility index (Phi) is 5.28. The van der Waals surface area contributed by atoms with E-state index in [4.69, 9.17) is 20.8 Å². The molecule has 0 saturated carbocycles. The number of anilines is 1. The molecule has 0 saturated heterocycles. The van der Waals surface area contributed by atoms with Crippen molar-refractivity contribution in [3.8, 4) is 0 Å². The predicted octanol–water partition coefficient (Wildman–Crippen LogP) is 3.94. The van der Waals surface area contributed by atoms with Crippen molar-refractivity contribution in [2.75, 3.05) is 5.32 Å². The number of hydrogen-bond donors (Lipinski definition) is 1. The second-order valence-corrected chi connectivity index (χ2v) is 6.45.